The Morgan fingerprint density at radius 2 is 1.87 bits per heavy atom. The summed E-state index contributed by atoms with van der Waals surface area (Å²) in [6.07, 6.45) is 2.43. The molecule has 0 spiro atoms. The molecule has 0 bridgehead atoms. The van der Waals surface area contributed by atoms with E-state index in [-0.39, 0.29) is 17.9 Å². The van der Waals surface area contributed by atoms with Crippen molar-refractivity contribution in [1.82, 2.24) is 14.8 Å². The van der Waals surface area contributed by atoms with Crippen molar-refractivity contribution in [2.24, 2.45) is 0 Å². The second kappa shape index (κ2) is 7.59. The normalized spacial score (nSPS) is 13.2. The Balaban J connectivity index is 1.53. The highest BCUT2D eigenvalue weighted by Gasteiger charge is 2.14. The average molecular weight is 403 g/mol. The molecule has 4 aromatic rings. The van der Waals surface area contributed by atoms with Crippen LogP contribution < -0.4 is 15.0 Å². The van der Waals surface area contributed by atoms with Crippen LogP contribution in [0.5, 0.6) is 11.5 Å². The molecule has 30 heavy (non-hydrogen) atoms. The third kappa shape index (κ3) is 3.39. The highest BCUT2D eigenvalue weighted by molar-refractivity contribution is 5.82. The van der Waals surface area contributed by atoms with Crippen molar-refractivity contribution in [2.45, 2.75) is 13.0 Å². The van der Waals surface area contributed by atoms with E-state index in [0.29, 0.717) is 41.3 Å². The van der Waals surface area contributed by atoms with Crippen LogP contribution in [0.15, 0.2) is 65.6 Å². The predicted octanol–water partition coefficient (Wildman–Crippen LogP) is 3.81. The van der Waals surface area contributed by atoms with Crippen molar-refractivity contribution in [3.63, 3.8) is 0 Å². The molecule has 0 atom stereocenters. The van der Waals surface area contributed by atoms with Crippen LogP contribution in [0.1, 0.15) is 12.0 Å². The summed E-state index contributed by atoms with van der Waals surface area (Å²) in [5, 5.41) is 4.94. The monoisotopic (exact) mass is 403 g/mol. The summed E-state index contributed by atoms with van der Waals surface area (Å²) >= 11 is 0. The van der Waals surface area contributed by atoms with E-state index in [0.717, 1.165) is 17.5 Å². The Hall–Kier alpha value is -3.74. The number of pyridine rings is 1. The van der Waals surface area contributed by atoms with Crippen molar-refractivity contribution in [1.29, 1.82) is 0 Å². The molecule has 1 aliphatic rings. The molecule has 0 fully saturated rings. The van der Waals surface area contributed by atoms with E-state index in [4.69, 9.17) is 9.47 Å². The van der Waals surface area contributed by atoms with E-state index >= 15 is 0 Å². The average Bonchev–Trinajstić information content (AvgIpc) is 3.02. The first kappa shape index (κ1) is 18.3. The molecular formula is C23H18FN3O3. The standard InChI is InChI=1S/C23H18FN3O3/c24-18-6-4-16(23-17(18)3-1-10-25-23)14-27-22(28)9-7-19(26-27)15-5-8-20-21(13-15)30-12-2-11-29-20/h1,3-10,13H,2,11-12,14H2. The molecule has 6 nitrogen and oxygen atoms in total. The van der Waals surface area contributed by atoms with E-state index in [9.17, 15) is 9.18 Å². The maximum atomic E-state index is 14.1. The number of benzene rings is 2. The molecule has 0 saturated heterocycles. The molecule has 2 aromatic heterocycles. The minimum Gasteiger partial charge on any atom is -0.490 e. The zero-order valence-corrected chi connectivity index (χ0v) is 16.0. The first-order chi connectivity index (χ1) is 14.7. The van der Waals surface area contributed by atoms with Gasteiger partial charge in [0.25, 0.3) is 5.56 Å². The Morgan fingerprint density at radius 3 is 2.77 bits per heavy atom. The van der Waals surface area contributed by atoms with Gasteiger partial charge in [0.15, 0.2) is 11.5 Å². The van der Waals surface area contributed by atoms with E-state index in [2.05, 4.69) is 10.1 Å². The van der Waals surface area contributed by atoms with Crippen LogP contribution in [0.25, 0.3) is 22.2 Å². The smallest absolute Gasteiger partial charge is 0.267 e. The third-order valence-corrected chi connectivity index (χ3v) is 5.03. The van der Waals surface area contributed by atoms with Gasteiger partial charge in [0.2, 0.25) is 0 Å². The second-order valence-electron chi connectivity index (χ2n) is 7.03. The summed E-state index contributed by atoms with van der Waals surface area (Å²) in [6.45, 7) is 1.40. The first-order valence-corrected chi connectivity index (χ1v) is 9.69. The number of hydrogen-bond donors (Lipinski definition) is 0. The van der Waals surface area contributed by atoms with Crippen molar-refractivity contribution < 1.29 is 13.9 Å². The Kier molecular flexibility index (Phi) is 4.63. The molecule has 5 rings (SSSR count). The van der Waals surface area contributed by atoms with E-state index in [1.807, 2.05) is 18.2 Å². The predicted molar refractivity (Wildman–Crippen MR) is 110 cm³/mol. The fourth-order valence-electron chi connectivity index (χ4n) is 3.52. The van der Waals surface area contributed by atoms with E-state index < -0.39 is 0 Å². The number of hydrogen-bond acceptors (Lipinski definition) is 5. The summed E-state index contributed by atoms with van der Waals surface area (Å²) < 4.78 is 26.9. The van der Waals surface area contributed by atoms with Crippen LogP contribution in [0.3, 0.4) is 0 Å². The topological polar surface area (TPSA) is 66.2 Å². The van der Waals surface area contributed by atoms with Gasteiger partial charge < -0.3 is 9.47 Å². The lowest BCUT2D eigenvalue weighted by molar-refractivity contribution is 0.297. The molecule has 0 unspecified atom stereocenters. The maximum Gasteiger partial charge on any atom is 0.267 e. The van der Waals surface area contributed by atoms with Gasteiger partial charge in [0.05, 0.1) is 31.0 Å². The highest BCUT2D eigenvalue weighted by atomic mass is 19.1. The fourth-order valence-corrected chi connectivity index (χ4v) is 3.52. The molecule has 0 amide bonds. The Bertz CT molecular complexity index is 1300. The van der Waals surface area contributed by atoms with Crippen LogP contribution in [0, 0.1) is 5.82 Å². The number of halogens is 1. The van der Waals surface area contributed by atoms with Crippen LogP contribution in [-0.2, 0) is 6.54 Å². The van der Waals surface area contributed by atoms with Gasteiger partial charge in [-0.15, -0.1) is 0 Å². The fraction of sp³-hybridized carbons (Fsp3) is 0.174. The van der Waals surface area contributed by atoms with Crippen LogP contribution in [0.4, 0.5) is 4.39 Å². The van der Waals surface area contributed by atoms with E-state index in [1.54, 1.807) is 30.5 Å². The third-order valence-electron chi connectivity index (χ3n) is 5.03. The molecule has 3 heterocycles. The van der Waals surface area contributed by atoms with Gasteiger partial charge in [-0.2, -0.15) is 5.10 Å². The SMILES string of the molecule is O=c1ccc(-c2ccc3c(c2)OCCCO3)nn1Cc1ccc(F)c2cccnc12. The van der Waals surface area contributed by atoms with Crippen molar-refractivity contribution in [2.75, 3.05) is 13.2 Å². The molecule has 0 N–H and O–H groups in total. The summed E-state index contributed by atoms with van der Waals surface area (Å²) in [6, 6.07) is 15.1. The maximum absolute atomic E-state index is 14.1. The summed E-state index contributed by atoms with van der Waals surface area (Å²) in [7, 11) is 0. The van der Waals surface area contributed by atoms with Gasteiger partial charge in [0.1, 0.15) is 5.82 Å². The van der Waals surface area contributed by atoms with Gasteiger partial charge in [-0.25, -0.2) is 9.07 Å². The molecule has 2 aromatic carbocycles. The molecular weight excluding hydrogens is 385 g/mol. The van der Waals surface area contributed by atoms with Crippen LogP contribution in [0.2, 0.25) is 0 Å². The number of nitrogens with zero attached hydrogens (tertiary/aromatic N) is 3. The lowest BCUT2D eigenvalue weighted by Crippen LogP contribution is -2.23. The number of fused-ring (bicyclic) bond motifs is 2. The van der Waals surface area contributed by atoms with Crippen molar-refractivity contribution >= 4 is 10.9 Å². The molecule has 0 saturated carbocycles. The molecule has 0 radical (unpaired) electrons. The summed E-state index contributed by atoms with van der Waals surface area (Å²) in [4.78, 5) is 16.7. The molecule has 0 aliphatic carbocycles. The molecule has 7 heteroatoms. The second-order valence-corrected chi connectivity index (χ2v) is 7.03. The lowest BCUT2D eigenvalue weighted by atomic mass is 10.1. The molecule has 1 aliphatic heterocycles. The Labute approximate surface area is 171 Å². The highest BCUT2D eigenvalue weighted by Crippen LogP contribution is 2.33. The number of ether oxygens (including phenoxy) is 2. The zero-order chi connectivity index (χ0) is 20.5. The van der Waals surface area contributed by atoms with Crippen molar-refractivity contribution in [3.05, 3.63) is 82.5 Å². The van der Waals surface area contributed by atoms with Crippen molar-refractivity contribution in [3.8, 4) is 22.8 Å². The number of aromatic nitrogens is 3. The minimum absolute atomic E-state index is 0.186. The quantitative estimate of drug-likeness (QED) is 0.521. The summed E-state index contributed by atoms with van der Waals surface area (Å²) in [5.41, 5.74) is 2.44. The van der Waals surface area contributed by atoms with Crippen LogP contribution in [-0.4, -0.2) is 28.0 Å². The summed E-state index contributed by atoms with van der Waals surface area (Å²) in [5.74, 6) is 1.02. The first-order valence-electron chi connectivity index (χ1n) is 9.69. The van der Waals surface area contributed by atoms with Gasteiger partial charge in [-0.1, -0.05) is 6.07 Å². The van der Waals surface area contributed by atoms with Gasteiger partial charge in [-0.05, 0) is 42.5 Å². The van der Waals surface area contributed by atoms with Gasteiger partial charge >= 0.3 is 0 Å². The van der Waals surface area contributed by atoms with Crippen LogP contribution >= 0.6 is 0 Å². The zero-order valence-electron chi connectivity index (χ0n) is 16.0. The van der Waals surface area contributed by atoms with E-state index in [1.165, 1.54) is 16.8 Å². The van der Waals surface area contributed by atoms with Gasteiger partial charge in [-0.3, -0.25) is 9.78 Å². The largest absolute Gasteiger partial charge is 0.490 e. The molecule has 150 valence electrons. The minimum atomic E-state index is -0.344. The van der Waals surface area contributed by atoms with Gasteiger partial charge in [0, 0.05) is 35.2 Å². The Morgan fingerprint density at radius 1 is 1.00 bits per heavy atom. The lowest BCUT2D eigenvalue weighted by Gasteiger charge is -2.11. The number of rotatable bonds is 3.